The van der Waals surface area contributed by atoms with Crippen molar-refractivity contribution in [1.29, 1.82) is 0 Å². The number of nitrogens with zero attached hydrogens (tertiary/aromatic N) is 1. The minimum Gasteiger partial charge on any atom is -0.462 e. The average molecular weight is 375 g/mol. The number of rotatable bonds is 7. The van der Waals surface area contributed by atoms with Crippen LogP contribution in [-0.4, -0.2) is 23.5 Å². The number of anilines is 2. The molecule has 0 atom stereocenters. The van der Waals surface area contributed by atoms with E-state index in [-0.39, 0.29) is 12.5 Å². The first-order chi connectivity index (χ1) is 13.7. The summed E-state index contributed by atoms with van der Waals surface area (Å²) in [6.45, 7) is 2.60. The second-order valence-corrected chi connectivity index (χ2v) is 5.99. The topological polar surface area (TPSA) is 80.3 Å². The Balaban J connectivity index is 1.71. The Labute approximate surface area is 163 Å². The number of esters is 1. The van der Waals surface area contributed by atoms with E-state index in [2.05, 4.69) is 15.6 Å². The van der Waals surface area contributed by atoms with Crippen LogP contribution in [-0.2, 0) is 11.3 Å². The van der Waals surface area contributed by atoms with Crippen LogP contribution in [0.3, 0.4) is 0 Å². The number of ether oxygens (including phenoxy) is 1. The van der Waals surface area contributed by atoms with Gasteiger partial charge in [-0.05, 0) is 36.8 Å². The lowest BCUT2D eigenvalue weighted by Crippen LogP contribution is -2.16. The molecule has 0 unspecified atom stereocenters. The van der Waals surface area contributed by atoms with Crippen molar-refractivity contribution in [3.05, 3.63) is 89.6 Å². The summed E-state index contributed by atoms with van der Waals surface area (Å²) < 4.78 is 5.04. The number of carbonyl (C=O) groups excluding carboxylic acids is 2. The van der Waals surface area contributed by atoms with Crippen molar-refractivity contribution in [3.8, 4) is 0 Å². The van der Waals surface area contributed by atoms with Gasteiger partial charge in [-0.25, -0.2) is 9.78 Å². The van der Waals surface area contributed by atoms with E-state index < -0.39 is 5.97 Å². The van der Waals surface area contributed by atoms with E-state index in [0.29, 0.717) is 29.2 Å². The number of nitrogens with one attached hydrogen (secondary N) is 2. The van der Waals surface area contributed by atoms with E-state index >= 15 is 0 Å². The summed E-state index contributed by atoms with van der Waals surface area (Å²) >= 11 is 0. The molecule has 2 N–H and O–H groups in total. The normalized spacial score (nSPS) is 10.2. The minimum absolute atomic E-state index is 0.266. The lowest BCUT2D eigenvalue weighted by Gasteiger charge is -2.11. The molecule has 0 aliphatic heterocycles. The van der Waals surface area contributed by atoms with Crippen LogP contribution >= 0.6 is 0 Å². The Morgan fingerprint density at radius 1 is 1.00 bits per heavy atom. The second-order valence-electron chi connectivity index (χ2n) is 5.99. The Morgan fingerprint density at radius 2 is 1.75 bits per heavy atom. The third-order valence-electron chi connectivity index (χ3n) is 4.01. The van der Waals surface area contributed by atoms with Gasteiger partial charge in [-0.1, -0.05) is 42.5 Å². The molecule has 0 radical (unpaired) electrons. The molecule has 1 heterocycles. The zero-order valence-electron chi connectivity index (χ0n) is 15.5. The molecular formula is C22H21N3O3. The van der Waals surface area contributed by atoms with Crippen LogP contribution in [0.2, 0.25) is 0 Å². The smallest absolute Gasteiger partial charge is 0.340 e. The molecule has 1 amide bonds. The summed E-state index contributed by atoms with van der Waals surface area (Å²) in [5.74, 6) is -0.213. The molecular weight excluding hydrogens is 354 g/mol. The summed E-state index contributed by atoms with van der Waals surface area (Å²) in [6, 6.07) is 20.0. The van der Waals surface area contributed by atoms with Gasteiger partial charge in [0, 0.05) is 18.3 Å². The van der Waals surface area contributed by atoms with E-state index in [0.717, 1.165) is 5.56 Å². The van der Waals surface area contributed by atoms with Crippen LogP contribution < -0.4 is 10.6 Å². The van der Waals surface area contributed by atoms with Crippen molar-refractivity contribution in [1.82, 2.24) is 4.98 Å². The highest BCUT2D eigenvalue weighted by Gasteiger charge is 2.15. The maximum Gasteiger partial charge on any atom is 0.340 e. The molecule has 0 bridgehead atoms. The van der Waals surface area contributed by atoms with Gasteiger partial charge in [0.15, 0.2) is 0 Å². The molecule has 3 aromatic rings. The number of aromatic nitrogens is 1. The van der Waals surface area contributed by atoms with Crippen molar-refractivity contribution in [2.45, 2.75) is 13.5 Å². The average Bonchev–Trinajstić information content (AvgIpc) is 2.74. The maximum absolute atomic E-state index is 12.7. The molecule has 0 aliphatic carbocycles. The highest BCUT2D eigenvalue weighted by atomic mass is 16.5. The Kier molecular flexibility index (Phi) is 6.36. The first-order valence-electron chi connectivity index (χ1n) is 8.98. The number of amides is 1. The molecule has 0 saturated carbocycles. The van der Waals surface area contributed by atoms with Gasteiger partial charge in [-0.2, -0.15) is 0 Å². The van der Waals surface area contributed by atoms with E-state index in [4.69, 9.17) is 4.74 Å². The first-order valence-corrected chi connectivity index (χ1v) is 8.98. The number of carbonyl (C=O) groups is 2. The first kappa shape index (κ1) is 19.1. The van der Waals surface area contributed by atoms with Crippen LogP contribution in [0.4, 0.5) is 11.5 Å². The summed E-state index contributed by atoms with van der Waals surface area (Å²) in [7, 11) is 0. The lowest BCUT2D eigenvalue weighted by molar-refractivity contribution is 0.0527. The van der Waals surface area contributed by atoms with Crippen LogP contribution in [0.15, 0.2) is 72.9 Å². The lowest BCUT2D eigenvalue weighted by atomic mass is 10.1. The second kappa shape index (κ2) is 9.32. The van der Waals surface area contributed by atoms with Crippen molar-refractivity contribution in [3.63, 3.8) is 0 Å². The zero-order chi connectivity index (χ0) is 19.8. The monoisotopic (exact) mass is 375 g/mol. The Morgan fingerprint density at radius 3 is 2.54 bits per heavy atom. The van der Waals surface area contributed by atoms with Gasteiger partial charge in [-0.3, -0.25) is 4.79 Å². The largest absolute Gasteiger partial charge is 0.462 e. The quantitative estimate of drug-likeness (QED) is 0.607. The van der Waals surface area contributed by atoms with Crippen molar-refractivity contribution in [2.75, 3.05) is 17.2 Å². The van der Waals surface area contributed by atoms with Gasteiger partial charge in [0.05, 0.1) is 17.9 Å². The fourth-order valence-electron chi connectivity index (χ4n) is 2.63. The summed E-state index contributed by atoms with van der Waals surface area (Å²) in [5, 5.41) is 5.97. The summed E-state index contributed by atoms with van der Waals surface area (Å²) in [6.07, 6.45) is 1.57. The molecule has 0 spiro atoms. The Hall–Kier alpha value is -3.67. The van der Waals surface area contributed by atoms with E-state index in [9.17, 15) is 9.59 Å². The molecule has 3 rings (SSSR count). The predicted octanol–water partition coefficient (Wildman–Crippen LogP) is 4.12. The molecule has 0 saturated heterocycles. The fourth-order valence-corrected chi connectivity index (χ4v) is 2.63. The van der Waals surface area contributed by atoms with Crippen LogP contribution in [0.5, 0.6) is 0 Å². The molecule has 2 aromatic carbocycles. The third kappa shape index (κ3) is 4.94. The molecule has 6 heteroatoms. The molecule has 142 valence electrons. The molecule has 0 aliphatic rings. The number of hydrogen-bond acceptors (Lipinski definition) is 5. The van der Waals surface area contributed by atoms with Gasteiger partial charge in [0.25, 0.3) is 5.91 Å². The predicted molar refractivity (Wildman–Crippen MR) is 108 cm³/mol. The number of hydrogen-bond donors (Lipinski definition) is 2. The van der Waals surface area contributed by atoms with Gasteiger partial charge >= 0.3 is 5.97 Å². The van der Waals surface area contributed by atoms with Crippen molar-refractivity contribution in [2.24, 2.45) is 0 Å². The third-order valence-corrected chi connectivity index (χ3v) is 4.01. The van der Waals surface area contributed by atoms with Gasteiger partial charge in [0.1, 0.15) is 5.82 Å². The van der Waals surface area contributed by atoms with Crippen molar-refractivity contribution < 1.29 is 14.3 Å². The zero-order valence-corrected chi connectivity index (χ0v) is 15.5. The standard InChI is InChI=1S/C22H21N3O3/c1-2-28-22(27)18-10-6-7-11-19(18)25-21(26)17-12-13-23-20(14-17)24-15-16-8-4-3-5-9-16/h3-14H,2,15H2,1H3,(H,23,24)(H,25,26). The van der Waals surface area contributed by atoms with Gasteiger partial charge in [0.2, 0.25) is 0 Å². The van der Waals surface area contributed by atoms with Crippen LogP contribution in [0.25, 0.3) is 0 Å². The number of para-hydroxylation sites is 1. The minimum atomic E-state index is -0.474. The summed E-state index contributed by atoms with van der Waals surface area (Å²) in [4.78, 5) is 29.0. The summed E-state index contributed by atoms with van der Waals surface area (Å²) in [5.41, 5.74) is 2.27. The fraction of sp³-hybridized carbons (Fsp3) is 0.136. The maximum atomic E-state index is 12.7. The van der Waals surface area contributed by atoms with Crippen LogP contribution in [0.1, 0.15) is 33.2 Å². The Bertz CT molecular complexity index is 958. The SMILES string of the molecule is CCOC(=O)c1ccccc1NC(=O)c1ccnc(NCc2ccccc2)c1. The molecule has 28 heavy (non-hydrogen) atoms. The van der Waals surface area contributed by atoms with Crippen molar-refractivity contribution >= 4 is 23.4 Å². The highest BCUT2D eigenvalue weighted by molar-refractivity contribution is 6.08. The van der Waals surface area contributed by atoms with E-state index in [1.807, 2.05) is 30.3 Å². The molecule has 0 fully saturated rings. The van der Waals surface area contributed by atoms with Crippen LogP contribution in [0, 0.1) is 0 Å². The van der Waals surface area contributed by atoms with Gasteiger partial charge in [-0.15, -0.1) is 0 Å². The van der Waals surface area contributed by atoms with E-state index in [1.54, 1.807) is 49.5 Å². The van der Waals surface area contributed by atoms with E-state index in [1.165, 1.54) is 0 Å². The number of benzene rings is 2. The highest BCUT2D eigenvalue weighted by Crippen LogP contribution is 2.18. The molecule has 6 nitrogen and oxygen atoms in total. The number of pyridine rings is 1. The molecule has 1 aromatic heterocycles. The van der Waals surface area contributed by atoms with Gasteiger partial charge < -0.3 is 15.4 Å².